The summed E-state index contributed by atoms with van der Waals surface area (Å²) in [5, 5.41) is 4.90. The molecule has 0 saturated carbocycles. The molecular weight excluding hydrogens is 227 g/mol. The Morgan fingerprint density at radius 1 is 1.05 bits per heavy atom. The van der Waals surface area contributed by atoms with Crippen molar-refractivity contribution in [2.75, 3.05) is 19.6 Å². The summed E-state index contributed by atoms with van der Waals surface area (Å²) in [5.74, 6) is 0. The SMILES string of the molecule is CC(C)[N-][C@@H](CN1CCCCC1)c1ccccc1.[Li+]. The van der Waals surface area contributed by atoms with Crippen LogP contribution in [-0.2, 0) is 0 Å². The summed E-state index contributed by atoms with van der Waals surface area (Å²) in [5.41, 5.74) is 1.36. The maximum Gasteiger partial charge on any atom is 1.00 e. The number of piperidine rings is 1. The van der Waals surface area contributed by atoms with Crippen LogP contribution >= 0.6 is 0 Å². The Balaban J connectivity index is 0.00000180. The van der Waals surface area contributed by atoms with E-state index in [0.717, 1.165) is 6.54 Å². The van der Waals surface area contributed by atoms with Gasteiger partial charge in [0.1, 0.15) is 0 Å². The minimum absolute atomic E-state index is 0. The molecule has 1 aliphatic heterocycles. The van der Waals surface area contributed by atoms with Gasteiger partial charge in [-0.3, -0.25) is 0 Å². The molecule has 1 aromatic carbocycles. The maximum absolute atomic E-state index is 4.90. The van der Waals surface area contributed by atoms with Gasteiger partial charge in [-0.05, 0) is 32.5 Å². The van der Waals surface area contributed by atoms with E-state index in [1.165, 1.54) is 37.9 Å². The van der Waals surface area contributed by atoms with Crippen molar-refractivity contribution in [2.45, 2.75) is 45.2 Å². The zero-order valence-corrected chi connectivity index (χ0v) is 12.7. The topological polar surface area (TPSA) is 17.3 Å². The minimum atomic E-state index is 0. The normalized spacial score (nSPS) is 18.1. The van der Waals surface area contributed by atoms with Crippen LogP contribution in [0.25, 0.3) is 5.32 Å². The molecule has 0 N–H and O–H groups in total. The number of hydrogen-bond acceptors (Lipinski definition) is 1. The van der Waals surface area contributed by atoms with Gasteiger partial charge < -0.3 is 10.2 Å². The number of rotatable bonds is 5. The fraction of sp³-hybridized carbons (Fsp3) is 0.625. The molecule has 1 atom stereocenters. The van der Waals surface area contributed by atoms with Gasteiger partial charge in [0.15, 0.2) is 0 Å². The van der Waals surface area contributed by atoms with Crippen molar-refractivity contribution in [3.63, 3.8) is 0 Å². The van der Waals surface area contributed by atoms with Crippen LogP contribution in [0.5, 0.6) is 0 Å². The fourth-order valence-electron chi connectivity index (χ4n) is 2.66. The average molecular weight is 252 g/mol. The molecule has 0 aromatic heterocycles. The predicted molar refractivity (Wildman–Crippen MR) is 78.0 cm³/mol. The van der Waals surface area contributed by atoms with E-state index < -0.39 is 0 Å². The van der Waals surface area contributed by atoms with Gasteiger partial charge in [0, 0.05) is 0 Å². The van der Waals surface area contributed by atoms with Crippen molar-refractivity contribution < 1.29 is 18.9 Å². The number of nitrogens with zero attached hydrogens (tertiary/aromatic N) is 2. The number of hydrogen-bond donors (Lipinski definition) is 0. The molecule has 1 heterocycles. The van der Waals surface area contributed by atoms with Crippen molar-refractivity contribution in [1.29, 1.82) is 0 Å². The van der Waals surface area contributed by atoms with Gasteiger partial charge in [0.2, 0.25) is 0 Å². The van der Waals surface area contributed by atoms with Crippen molar-refractivity contribution in [3.8, 4) is 0 Å². The second kappa shape index (κ2) is 8.82. The molecular formula is C16H25LiN2. The van der Waals surface area contributed by atoms with E-state index in [1.54, 1.807) is 0 Å². The van der Waals surface area contributed by atoms with Gasteiger partial charge >= 0.3 is 18.9 Å². The number of likely N-dealkylation sites (tertiary alicyclic amines) is 1. The smallest absolute Gasteiger partial charge is 0.652 e. The van der Waals surface area contributed by atoms with E-state index in [4.69, 9.17) is 5.32 Å². The van der Waals surface area contributed by atoms with Crippen LogP contribution in [0.1, 0.15) is 44.7 Å². The second-order valence-electron chi connectivity index (χ2n) is 5.53. The van der Waals surface area contributed by atoms with Crippen LogP contribution in [-0.4, -0.2) is 30.6 Å². The first-order chi connectivity index (χ1) is 8.75. The summed E-state index contributed by atoms with van der Waals surface area (Å²) in [6.07, 6.45) is 4.10. The monoisotopic (exact) mass is 252 g/mol. The van der Waals surface area contributed by atoms with Crippen molar-refractivity contribution >= 4 is 0 Å². The molecule has 0 spiro atoms. The van der Waals surface area contributed by atoms with Crippen molar-refractivity contribution in [1.82, 2.24) is 4.90 Å². The van der Waals surface area contributed by atoms with Crippen LogP contribution in [0.3, 0.4) is 0 Å². The Bertz CT molecular complexity index is 334. The van der Waals surface area contributed by atoms with Crippen LogP contribution < -0.4 is 18.9 Å². The Hall–Kier alpha value is -0.263. The summed E-state index contributed by atoms with van der Waals surface area (Å²) < 4.78 is 0. The number of benzene rings is 1. The van der Waals surface area contributed by atoms with Crippen molar-refractivity contribution in [2.24, 2.45) is 0 Å². The first kappa shape index (κ1) is 16.8. The molecule has 2 rings (SSSR count). The Labute approximate surface area is 130 Å². The second-order valence-corrected chi connectivity index (χ2v) is 5.53. The molecule has 2 nitrogen and oxygen atoms in total. The van der Waals surface area contributed by atoms with E-state index in [9.17, 15) is 0 Å². The van der Waals surface area contributed by atoms with Crippen LogP contribution in [0.4, 0.5) is 0 Å². The molecule has 1 saturated heterocycles. The molecule has 0 amide bonds. The Morgan fingerprint density at radius 3 is 2.26 bits per heavy atom. The van der Waals surface area contributed by atoms with E-state index in [1.807, 2.05) is 0 Å². The summed E-state index contributed by atoms with van der Waals surface area (Å²) >= 11 is 0. The molecule has 1 fully saturated rings. The standard InChI is InChI=1S/C16H25N2.Li/c1-14(2)17-16(15-9-5-3-6-10-15)13-18-11-7-4-8-12-18;/h3,5-6,9-10,14,16H,4,7-8,11-13H2,1-2H3;/q-1;+1/t16-;/m0./s1. The average Bonchev–Trinajstić information content (AvgIpc) is 2.40. The summed E-state index contributed by atoms with van der Waals surface area (Å²) in [6.45, 7) is 7.92. The minimum Gasteiger partial charge on any atom is -0.652 e. The van der Waals surface area contributed by atoms with Gasteiger partial charge in [0.25, 0.3) is 0 Å². The first-order valence-electron chi connectivity index (χ1n) is 7.23. The van der Waals surface area contributed by atoms with Gasteiger partial charge in [-0.15, -0.1) is 6.04 Å². The third-order valence-electron chi connectivity index (χ3n) is 3.54. The zero-order valence-electron chi connectivity index (χ0n) is 12.7. The Kier molecular flexibility index (Phi) is 7.79. The summed E-state index contributed by atoms with van der Waals surface area (Å²) in [6, 6.07) is 11.5. The van der Waals surface area contributed by atoms with E-state index in [0.29, 0.717) is 12.1 Å². The summed E-state index contributed by atoms with van der Waals surface area (Å²) in [7, 11) is 0. The molecule has 3 heteroatoms. The zero-order chi connectivity index (χ0) is 12.8. The van der Waals surface area contributed by atoms with E-state index in [2.05, 4.69) is 49.1 Å². The third kappa shape index (κ3) is 5.71. The molecule has 0 radical (unpaired) electrons. The third-order valence-corrected chi connectivity index (χ3v) is 3.54. The summed E-state index contributed by atoms with van der Waals surface area (Å²) in [4.78, 5) is 2.58. The molecule has 0 aliphatic carbocycles. The molecule has 1 aliphatic rings. The van der Waals surface area contributed by atoms with Crippen molar-refractivity contribution in [3.05, 3.63) is 41.2 Å². The predicted octanol–water partition coefficient (Wildman–Crippen LogP) is 1.000. The maximum atomic E-state index is 4.90. The van der Waals surface area contributed by atoms with Crippen LogP contribution in [0, 0.1) is 0 Å². The van der Waals surface area contributed by atoms with E-state index >= 15 is 0 Å². The first-order valence-corrected chi connectivity index (χ1v) is 7.23. The largest absolute Gasteiger partial charge is 1.00 e. The molecule has 19 heavy (non-hydrogen) atoms. The van der Waals surface area contributed by atoms with Gasteiger partial charge in [0.05, 0.1) is 0 Å². The van der Waals surface area contributed by atoms with E-state index in [-0.39, 0.29) is 18.9 Å². The van der Waals surface area contributed by atoms with Gasteiger partial charge in [-0.25, -0.2) is 0 Å². The Morgan fingerprint density at radius 2 is 1.68 bits per heavy atom. The molecule has 100 valence electrons. The molecule has 0 bridgehead atoms. The fourth-order valence-corrected chi connectivity index (χ4v) is 2.66. The van der Waals surface area contributed by atoms with Crippen LogP contribution in [0.2, 0.25) is 0 Å². The molecule has 0 unspecified atom stereocenters. The van der Waals surface area contributed by atoms with Crippen LogP contribution in [0.15, 0.2) is 30.3 Å². The molecule has 1 aromatic rings. The van der Waals surface area contributed by atoms with Gasteiger partial charge in [-0.1, -0.05) is 62.2 Å². The van der Waals surface area contributed by atoms with Gasteiger partial charge in [-0.2, -0.15) is 0 Å². The quantitative estimate of drug-likeness (QED) is 0.715.